The molecule has 1 heterocycles. The van der Waals surface area contributed by atoms with Crippen molar-refractivity contribution in [1.29, 1.82) is 0 Å². The first-order valence-electron chi connectivity index (χ1n) is 9.60. The van der Waals surface area contributed by atoms with Gasteiger partial charge in [-0.15, -0.1) is 0 Å². The predicted octanol–water partition coefficient (Wildman–Crippen LogP) is 5.50. The van der Waals surface area contributed by atoms with Crippen molar-refractivity contribution in [1.82, 2.24) is 0 Å². The summed E-state index contributed by atoms with van der Waals surface area (Å²) in [7, 11) is 0. The Kier molecular flexibility index (Phi) is 0.940. The first-order valence-corrected chi connectivity index (χ1v) is 5.89. The monoisotopic (exact) mass is 305 g/mol. The van der Waals surface area contributed by atoms with Crippen LogP contribution in [0.1, 0.15) is 12.3 Å². The molecular formula is C16H9BrO. The minimum atomic E-state index is -0.514. The van der Waals surface area contributed by atoms with E-state index >= 15 is 0 Å². The Morgan fingerprint density at radius 2 is 1.78 bits per heavy atom. The van der Waals surface area contributed by atoms with Crippen LogP contribution in [-0.2, 0) is 0 Å². The first-order chi connectivity index (χ1) is 12.6. The van der Waals surface area contributed by atoms with E-state index < -0.39 is 30.2 Å². The molecule has 0 amide bonds. The zero-order valence-corrected chi connectivity index (χ0v) is 10.4. The van der Waals surface area contributed by atoms with E-state index in [0.29, 0.717) is 0 Å². The quantitative estimate of drug-likeness (QED) is 0.418. The summed E-state index contributed by atoms with van der Waals surface area (Å²) in [5, 5.41) is 0.0418. The van der Waals surface area contributed by atoms with E-state index in [2.05, 4.69) is 15.9 Å². The summed E-state index contributed by atoms with van der Waals surface area (Å²) >= 11 is 3.20. The molecule has 4 rings (SSSR count). The average molecular weight is 306 g/mol. The molecule has 0 aliphatic heterocycles. The third kappa shape index (κ3) is 1.27. The fourth-order valence-electron chi connectivity index (χ4n) is 1.93. The summed E-state index contributed by atoms with van der Waals surface area (Å²) in [6.45, 7) is 0. The van der Waals surface area contributed by atoms with Gasteiger partial charge < -0.3 is 4.42 Å². The molecule has 0 fully saturated rings. The highest BCUT2D eigenvalue weighted by molar-refractivity contribution is 9.10. The van der Waals surface area contributed by atoms with E-state index in [1.54, 1.807) is 0 Å². The fourth-order valence-corrected chi connectivity index (χ4v) is 2.41. The van der Waals surface area contributed by atoms with Gasteiger partial charge in [-0.05, 0) is 23.5 Å². The summed E-state index contributed by atoms with van der Waals surface area (Å²) in [4.78, 5) is 0. The van der Waals surface area contributed by atoms with Crippen molar-refractivity contribution in [2.75, 3.05) is 0 Å². The predicted molar refractivity (Wildman–Crippen MR) is 78.9 cm³/mol. The second-order valence-corrected chi connectivity index (χ2v) is 4.49. The number of rotatable bonds is 0. The molecule has 0 spiro atoms. The molecule has 1 nitrogen and oxygen atoms in total. The third-order valence-electron chi connectivity index (χ3n) is 2.70. The maximum absolute atomic E-state index is 8.36. The van der Waals surface area contributed by atoms with Crippen molar-refractivity contribution in [3.05, 3.63) is 58.9 Å². The molecule has 0 aliphatic carbocycles. The highest BCUT2D eigenvalue weighted by Gasteiger charge is 2.11. The lowest BCUT2D eigenvalue weighted by Crippen LogP contribution is -1.73. The van der Waals surface area contributed by atoms with Crippen LogP contribution in [0.3, 0.4) is 0 Å². The average Bonchev–Trinajstić information content (AvgIpc) is 3.04. The summed E-state index contributed by atoms with van der Waals surface area (Å²) in [6, 6.07) is -3.62. The summed E-state index contributed by atoms with van der Waals surface area (Å²) in [5.74, 6) is 0. The van der Waals surface area contributed by atoms with Crippen LogP contribution in [0.25, 0.3) is 32.7 Å². The maximum atomic E-state index is 8.36. The normalized spacial score (nSPS) is 18.6. The molecule has 0 unspecified atom stereocenters. The smallest absolute Gasteiger partial charge is 0.143 e. The van der Waals surface area contributed by atoms with Gasteiger partial charge in [0.2, 0.25) is 0 Å². The molecule has 0 saturated heterocycles. The minimum absolute atomic E-state index is 0.0578. The van der Waals surface area contributed by atoms with Crippen LogP contribution in [-0.4, -0.2) is 0 Å². The van der Waals surface area contributed by atoms with Gasteiger partial charge in [-0.3, -0.25) is 0 Å². The zero-order chi connectivity index (χ0) is 19.9. The lowest BCUT2D eigenvalue weighted by Gasteiger charge is -1.97. The van der Waals surface area contributed by atoms with E-state index in [1.807, 2.05) is 0 Å². The molecule has 4 aromatic rings. The number of benzene rings is 3. The molecule has 0 atom stereocenters. The minimum Gasteiger partial charge on any atom is -0.455 e. The largest absolute Gasteiger partial charge is 0.455 e. The van der Waals surface area contributed by atoms with E-state index in [-0.39, 0.29) is 61.4 Å². The molecule has 0 saturated carbocycles. The van der Waals surface area contributed by atoms with Gasteiger partial charge in [0.05, 0.1) is 12.3 Å². The number of furan rings is 1. The van der Waals surface area contributed by atoms with E-state index in [0.717, 1.165) is 0 Å². The lowest BCUT2D eigenvalue weighted by atomic mass is 10.1. The molecular weight excluding hydrogens is 288 g/mol. The molecule has 86 valence electrons. The molecule has 18 heavy (non-hydrogen) atoms. The van der Waals surface area contributed by atoms with Gasteiger partial charge in [0.15, 0.2) is 0 Å². The van der Waals surface area contributed by atoms with E-state index in [9.17, 15) is 0 Å². The summed E-state index contributed by atoms with van der Waals surface area (Å²) in [6.07, 6.45) is 0. The van der Waals surface area contributed by atoms with Crippen LogP contribution >= 0.6 is 15.9 Å². The lowest BCUT2D eigenvalue weighted by molar-refractivity contribution is 0.672. The topological polar surface area (TPSA) is 13.1 Å². The fraction of sp³-hybridized carbons (Fsp3) is 0. The van der Waals surface area contributed by atoms with Crippen LogP contribution in [0, 0.1) is 0 Å². The summed E-state index contributed by atoms with van der Waals surface area (Å²) in [5.41, 5.74) is -0.141. The van der Waals surface area contributed by atoms with E-state index in [4.69, 9.17) is 16.8 Å². The standard InChI is InChI=1S/C16H9BrO/c17-13-6-3-7-14-15(13)12-9-8-10-4-1-2-5-11(10)16(12)18-14/h1-9H/i1D,2D,3D,4D,5D,6D,7D,8D,9D. The molecule has 2 heteroatoms. The highest BCUT2D eigenvalue weighted by Crippen LogP contribution is 2.37. The van der Waals surface area contributed by atoms with Crippen LogP contribution < -0.4 is 0 Å². The molecule has 0 N–H and O–H groups in total. The number of hydrogen-bond donors (Lipinski definition) is 0. The Hall–Kier alpha value is -1.80. The van der Waals surface area contributed by atoms with Gasteiger partial charge in [-0.25, -0.2) is 0 Å². The van der Waals surface area contributed by atoms with Crippen molar-refractivity contribution >= 4 is 48.6 Å². The summed E-state index contributed by atoms with van der Waals surface area (Å²) < 4.78 is 78.4. The van der Waals surface area contributed by atoms with Crippen molar-refractivity contribution in [3.63, 3.8) is 0 Å². The SMILES string of the molecule is [2H]c1c([2H])c(Br)c2c(oc3c4c([2H])c([2H])c([2H])c([2H])c4c([2H])c([2H])c32)c1[2H]. The van der Waals surface area contributed by atoms with Gasteiger partial charge in [-0.2, -0.15) is 0 Å². The Labute approximate surface area is 125 Å². The van der Waals surface area contributed by atoms with Crippen LogP contribution in [0.2, 0.25) is 0 Å². The highest BCUT2D eigenvalue weighted by atomic mass is 79.9. The zero-order valence-electron chi connectivity index (χ0n) is 17.8. The maximum Gasteiger partial charge on any atom is 0.143 e. The Morgan fingerprint density at radius 1 is 0.889 bits per heavy atom. The van der Waals surface area contributed by atoms with Gasteiger partial charge in [0.1, 0.15) is 11.2 Å². The van der Waals surface area contributed by atoms with Crippen molar-refractivity contribution in [2.45, 2.75) is 0 Å². The Balaban J connectivity index is 2.47. The second-order valence-electron chi connectivity index (χ2n) is 3.70. The van der Waals surface area contributed by atoms with Gasteiger partial charge in [-0.1, -0.05) is 52.2 Å². The first kappa shape index (κ1) is 4.71. The van der Waals surface area contributed by atoms with Crippen molar-refractivity contribution in [2.24, 2.45) is 0 Å². The second kappa shape index (κ2) is 3.59. The van der Waals surface area contributed by atoms with Gasteiger partial charge in [0, 0.05) is 20.6 Å². The molecule has 0 bridgehead atoms. The third-order valence-corrected chi connectivity index (χ3v) is 3.30. The van der Waals surface area contributed by atoms with Crippen LogP contribution in [0.4, 0.5) is 0 Å². The molecule has 0 radical (unpaired) electrons. The molecule has 0 aliphatic rings. The Morgan fingerprint density at radius 3 is 2.72 bits per heavy atom. The van der Waals surface area contributed by atoms with Gasteiger partial charge >= 0.3 is 0 Å². The molecule has 1 aromatic heterocycles. The van der Waals surface area contributed by atoms with Crippen LogP contribution in [0.15, 0.2) is 63.3 Å². The van der Waals surface area contributed by atoms with Crippen molar-refractivity contribution < 1.29 is 16.8 Å². The Bertz CT molecular complexity index is 1330. The molecule has 3 aromatic carbocycles. The number of fused-ring (bicyclic) bond motifs is 5. The van der Waals surface area contributed by atoms with Crippen molar-refractivity contribution in [3.8, 4) is 0 Å². The van der Waals surface area contributed by atoms with Crippen LogP contribution in [0.5, 0.6) is 0 Å². The number of halogens is 1. The van der Waals surface area contributed by atoms with Gasteiger partial charge in [0.25, 0.3) is 0 Å². The van der Waals surface area contributed by atoms with E-state index in [1.165, 1.54) is 0 Å². The number of hydrogen-bond acceptors (Lipinski definition) is 1.